The van der Waals surface area contributed by atoms with Crippen molar-refractivity contribution in [3.8, 4) is 0 Å². The van der Waals surface area contributed by atoms with Gasteiger partial charge in [-0.2, -0.15) is 0 Å². The largest absolute Gasteiger partial charge is 0.469 e. The number of hydrogen-bond acceptors (Lipinski definition) is 5. The van der Waals surface area contributed by atoms with Crippen LogP contribution in [-0.2, 0) is 9.53 Å². The van der Waals surface area contributed by atoms with Gasteiger partial charge in [0.05, 0.1) is 13.5 Å². The molecule has 1 rings (SSSR count). The van der Waals surface area contributed by atoms with E-state index in [1.54, 1.807) is 18.0 Å². The summed E-state index contributed by atoms with van der Waals surface area (Å²) in [6.45, 7) is 1.91. The van der Waals surface area contributed by atoms with E-state index >= 15 is 0 Å². The molecule has 1 heterocycles. The fraction of sp³-hybridized carbons (Fsp3) is 0.400. The fourth-order valence-corrected chi connectivity index (χ4v) is 1.88. The molecule has 0 unspecified atom stereocenters. The van der Waals surface area contributed by atoms with Gasteiger partial charge in [-0.25, -0.2) is 4.98 Å². The number of nitrogens with two attached hydrogens (primary N) is 1. The summed E-state index contributed by atoms with van der Waals surface area (Å²) < 4.78 is 4.54. The molecule has 0 saturated heterocycles. The predicted molar refractivity (Wildman–Crippen MR) is 60.7 cm³/mol. The number of carbonyl (C=O) groups excluding carboxylic acids is 1. The highest BCUT2D eigenvalue weighted by Crippen LogP contribution is 2.20. The number of pyridine rings is 1. The normalized spacial score (nSPS) is 10.0. The van der Waals surface area contributed by atoms with Crippen LogP contribution in [0, 0.1) is 6.92 Å². The number of esters is 1. The number of carbonyl (C=O) groups is 1. The molecule has 5 heteroatoms. The van der Waals surface area contributed by atoms with Gasteiger partial charge in [0.15, 0.2) is 0 Å². The molecule has 4 nitrogen and oxygen atoms in total. The van der Waals surface area contributed by atoms with Crippen LogP contribution in [0.5, 0.6) is 0 Å². The van der Waals surface area contributed by atoms with Gasteiger partial charge in [0, 0.05) is 16.8 Å². The Morgan fingerprint density at radius 3 is 3.00 bits per heavy atom. The Bertz CT molecular complexity index is 355. The van der Waals surface area contributed by atoms with Gasteiger partial charge in [-0.1, -0.05) is 0 Å². The standard InChI is InChI=1S/C10H14N2O2S/c1-7-5-8(6-12-10(7)11)15-4-3-9(13)14-2/h5-6H,3-4H2,1-2H3,(H2,11,12). The summed E-state index contributed by atoms with van der Waals surface area (Å²) in [6.07, 6.45) is 2.12. The van der Waals surface area contributed by atoms with Crippen molar-refractivity contribution in [1.29, 1.82) is 0 Å². The van der Waals surface area contributed by atoms with E-state index in [0.29, 0.717) is 18.0 Å². The summed E-state index contributed by atoms with van der Waals surface area (Å²) in [5, 5.41) is 0. The van der Waals surface area contributed by atoms with Gasteiger partial charge in [-0.3, -0.25) is 4.79 Å². The first-order valence-corrected chi connectivity index (χ1v) is 5.53. The molecule has 0 aromatic carbocycles. The molecule has 1 aromatic rings. The van der Waals surface area contributed by atoms with Crippen molar-refractivity contribution in [2.45, 2.75) is 18.2 Å². The van der Waals surface area contributed by atoms with Crippen molar-refractivity contribution in [2.75, 3.05) is 18.6 Å². The second-order valence-electron chi connectivity index (χ2n) is 3.05. The fourth-order valence-electron chi connectivity index (χ4n) is 0.993. The monoisotopic (exact) mass is 226 g/mol. The van der Waals surface area contributed by atoms with Crippen LogP contribution < -0.4 is 5.73 Å². The van der Waals surface area contributed by atoms with Crippen LogP contribution in [0.15, 0.2) is 17.2 Å². The van der Waals surface area contributed by atoms with E-state index in [1.165, 1.54) is 7.11 Å². The summed E-state index contributed by atoms with van der Waals surface area (Å²) >= 11 is 1.57. The van der Waals surface area contributed by atoms with E-state index in [2.05, 4.69) is 9.72 Å². The Balaban J connectivity index is 2.44. The van der Waals surface area contributed by atoms with E-state index in [1.807, 2.05) is 13.0 Å². The lowest BCUT2D eigenvalue weighted by molar-refractivity contribution is -0.140. The molecule has 0 radical (unpaired) electrons. The summed E-state index contributed by atoms with van der Waals surface area (Å²) in [5.41, 5.74) is 6.55. The maximum absolute atomic E-state index is 10.9. The van der Waals surface area contributed by atoms with Crippen molar-refractivity contribution in [3.63, 3.8) is 0 Å². The Morgan fingerprint density at radius 1 is 1.67 bits per heavy atom. The molecular weight excluding hydrogens is 212 g/mol. The first kappa shape index (κ1) is 11.8. The highest BCUT2D eigenvalue weighted by molar-refractivity contribution is 7.99. The highest BCUT2D eigenvalue weighted by atomic mass is 32.2. The third-order valence-corrected chi connectivity index (χ3v) is 2.86. The van der Waals surface area contributed by atoms with Gasteiger partial charge in [-0.05, 0) is 18.6 Å². The number of ether oxygens (including phenoxy) is 1. The molecule has 0 aliphatic heterocycles. The summed E-state index contributed by atoms with van der Waals surface area (Å²) in [5.74, 6) is 1.05. The number of nitrogens with zero attached hydrogens (tertiary/aromatic N) is 1. The quantitative estimate of drug-likeness (QED) is 0.624. The zero-order valence-corrected chi connectivity index (χ0v) is 9.63. The van der Waals surface area contributed by atoms with Crippen molar-refractivity contribution >= 4 is 23.5 Å². The molecule has 2 N–H and O–H groups in total. The molecule has 0 atom stereocenters. The van der Waals surface area contributed by atoms with Crippen LogP contribution in [0.1, 0.15) is 12.0 Å². The number of nitrogen functional groups attached to an aromatic ring is 1. The Labute approximate surface area is 93.2 Å². The lowest BCUT2D eigenvalue weighted by Gasteiger charge is -2.03. The molecule has 0 amide bonds. The molecule has 0 saturated carbocycles. The number of hydrogen-bond donors (Lipinski definition) is 1. The van der Waals surface area contributed by atoms with Gasteiger partial charge in [-0.15, -0.1) is 11.8 Å². The SMILES string of the molecule is COC(=O)CCSc1cnc(N)c(C)c1. The predicted octanol–water partition coefficient (Wildman–Crippen LogP) is 1.63. The molecule has 15 heavy (non-hydrogen) atoms. The van der Waals surface area contributed by atoms with Crippen LogP contribution in [0.2, 0.25) is 0 Å². The maximum Gasteiger partial charge on any atom is 0.306 e. The van der Waals surface area contributed by atoms with Gasteiger partial charge in [0.25, 0.3) is 0 Å². The molecular formula is C10H14N2O2S. The lowest BCUT2D eigenvalue weighted by atomic mass is 10.3. The van der Waals surface area contributed by atoms with Crippen LogP contribution in [-0.4, -0.2) is 23.8 Å². The smallest absolute Gasteiger partial charge is 0.306 e. The Kier molecular flexibility index (Phi) is 4.42. The third-order valence-electron chi connectivity index (χ3n) is 1.90. The van der Waals surface area contributed by atoms with Crippen molar-refractivity contribution in [3.05, 3.63) is 17.8 Å². The number of rotatable bonds is 4. The summed E-state index contributed by atoms with van der Waals surface area (Å²) in [4.78, 5) is 15.9. The molecule has 0 aliphatic rings. The first-order valence-electron chi connectivity index (χ1n) is 4.55. The molecule has 0 aliphatic carbocycles. The maximum atomic E-state index is 10.9. The van der Waals surface area contributed by atoms with Gasteiger partial charge in [0.1, 0.15) is 5.82 Å². The number of methoxy groups -OCH3 is 1. The highest BCUT2D eigenvalue weighted by Gasteiger charge is 2.02. The summed E-state index contributed by atoms with van der Waals surface area (Å²) in [6, 6.07) is 1.96. The molecule has 1 aromatic heterocycles. The minimum absolute atomic E-state index is 0.192. The minimum atomic E-state index is -0.192. The summed E-state index contributed by atoms with van der Waals surface area (Å²) in [7, 11) is 1.39. The number of thioether (sulfide) groups is 1. The van der Waals surface area contributed by atoms with E-state index < -0.39 is 0 Å². The second-order valence-corrected chi connectivity index (χ2v) is 4.22. The van der Waals surface area contributed by atoms with Crippen molar-refractivity contribution in [1.82, 2.24) is 4.98 Å². The lowest BCUT2D eigenvalue weighted by Crippen LogP contribution is -2.01. The zero-order valence-electron chi connectivity index (χ0n) is 8.82. The van der Waals surface area contributed by atoms with E-state index in [4.69, 9.17) is 5.73 Å². The van der Waals surface area contributed by atoms with Gasteiger partial charge in [0.2, 0.25) is 0 Å². The van der Waals surface area contributed by atoms with E-state index in [0.717, 1.165) is 10.5 Å². The van der Waals surface area contributed by atoms with Crippen LogP contribution in [0.25, 0.3) is 0 Å². The average molecular weight is 226 g/mol. The van der Waals surface area contributed by atoms with Crippen molar-refractivity contribution < 1.29 is 9.53 Å². The molecule has 82 valence electrons. The first-order chi connectivity index (χ1) is 7.13. The van der Waals surface area contributed by atoms with Crippen LogP contribution in [0.3, 0.4) is 0 Å². The molecule has 0 fully saturated rings. The van der Waals surface area contributed by atoms with Crippen LogP contribution >= 0.6 is 11.8 Å². The molecule has 0 spiro atoms. The average Bonchev–Trinajstić information content (AvgIpc) is 2.23. The number of aryl methyl sites for hydroxylation is 1. The molecule has 0 bridgehead atoms. The third kappa shape index (κ3) is 3.79. The minimum Gasteiger partial charge on any atom is -0.469 e. The zero-order chi connectivity index (χ0) is 11.3. The Hall–Kier alpha value is -1.23. The number of aromatic nitrogens is 1. The van der Waals surface area contributed by atoms with Crippen molar-refractivity contribution in [2.24, 2.45) is 0 Å². The van der Waals surface area contributed by atoms with E-state index in [9.17, 15) is 4.79 Å². The van der Waals surface area contributed by atoms with Gasteiger partial charge < -0.3 is 10.5 Å². The van der Waals surface area contributed by atoms with Gasteiger partial charge >= 0.3 is 5.97 Å². The topological polar surface area (TPSA) is 65.2 Å². The van der Waals surface area contributed by atoms with Crippen LogP contribution in [0.4, 0.5) is 5.82 Å². The van der Waals surface area contributed by atoms with E-state index in [-0.39, 0.29) is 5.97 Å². The Morgan fingerprint density at radius 2 is 2.40 bits per heavy atom. The second kappa shape index (κ2) is 5.60. The number of anilines is 1.